The first-order chi connectivity index (χ1) is 13.7. The molecule has 2 heterocycles. The van der Waals surface area contributed by atoms with Gasteiger partial charge >= 0.3 is 0 Å². The lowest BCUT2D eigenvalue weighted by Gasteiger charge is -2.23. The minimum atomic E-state index is -0.0673. The molecule has 4 rings (SSSR count). The lowest BCUT2D eigenvalue weighted by atomic mass is 10.1. The van der Waals surface area contributed by atoms with E-state index in [-0.39, 0.29) is 12.0 Å². The van der Waals surface area contributed by atoms with Crippen LogP contribution in [0.2, 0.25) is 0 Å². The lowest BCUT2D eigenvalue weighted by Crippen LogP contribution is -2.37. The van der Waals surface area contributed by atoms with Crippen molar-refractivity contribution in [3.63, 3.8) is 0 Å². The third-order valence-electron chi connectivity index (χ3n) is 4.81. The van der Waals surface area contributed by atoms with Gasteiger partial charge in [-0.25, -0.2) is 4.98 Å². The second-order valence-electron chi connectivity index (χ2n) is 6.61. The molecule has 1 aromatic heterocycles. The van der Waals surface area contributed by atoms with Crippen molar-refractivity contribution in [2.45, 2.75) is 23.8 Å². The van der Waals surface area contributed by atoms with Crippen molar-refractivity contribution in [1.82, 2.24) is 4.98 Å². The third-order valence-corrected chi connectivity index (χ3v) is 6.57. The number of thiazole rings is 1. The first kappa shape index (κ1) is 19.2. The van der Waals surface area contributed by atoms with Gasteiger partial charge in [-0.05, 0) is 61.6 Å². The van der Waals surface area contributed by atoms with Crippen LogP contribution in [0.15, 0.2) is 47.4 Å². The van der Waals surface area contributed by atoms with E-state index in [2.05, 4.69) is 18.4 Å². The Labute approximate surface area is 172 Å². The van der Waals surface area contributed by atoms with Gasteiger partial charge in [0.15, 0.2) is 5.13 Å². The average Bonchev–Trinajstić information content (AvgIpc) is 3.40. The highest BCUT2D eigenvalue weighted by Gasteiger charge is 2.27. The lowest BCUT2D eigenvalue weighted by molar-refractivity contribution is 0.0917. The van der Waals surface area contributed by atoms with Crippen molar-refractivity contribution in [1.29, 1.82) is 0 Å². The number of benzene rings is 2. The van der Waals surface area contributed by atoms with Crippen LogP contribution in [0, 0.1) is 0 Å². The number of ether oxygens (including phenoxy) is 2. The van der Waals surface area contributed by atoms with Crippen LogP contribution in [0.4, 0.5) is 5.13 Å². The van der Waals surface area contributed by atoms with Gasteiger partial charge in [-0.2, -0.15) is 0 Å². The molecule has 28 heavy (non-hydrogen) atoms. The zero-order chi connectivity index (χ0) is 19.5. The van der Waals surface area contributed by atoms with Gasteiger partial charge in [-0.1, -0.05) is 11.3 Å². The van der Waals surface area contributed by atoms with Gasteiger partial charge in [-0.15, -0.1) is 11.8 Å². The molecule has 0 aliphatic carbocycles. The Kier molecular flexibility index (Phi) is 5.85. The SMILES string of the molecule is COc1ccc(C(=O)N(CC2CCCO2)c2nc3ccc(SC)cc3s2)cc1. The molecule has 0 saturated carbocycles. The van der Waals surface area contributed by atoms with Crippen molar-refractivity contribution in [3.05, 3.63) is 48.0 Å². The topological polar surface area (TPSA) is 51.7 Å². The monoisotopic (exact) mass is 414 g/mol. The molecule has 7 heteroatoms. The first-order valence-electron chi connectivity index (χ1n) is 9.20. The Morgan fingerprint density at radius 1 is 1.32 bits per heavy atom. The van der Waals surface area contributed by atoms with Gasteiger partial charge in [0.25, 0.3) is 5.91 Å². The second-order valence-corrected chi connectivity index (χ2v) is 8.50. The highest BCUT2D eigenvalue weighted by atomic mass is 32.2. The number of fused-ring (bicyclic) bond motifs is 1. The Hall–Kier alpha value is -2.09. The quantitative estimate of drug-likeness (QED) is 0.540. The van der Waals surface area contributed by atoms with Gasteiger partial charge in [-0.3, -0.25) is 9.69 Å². The zero-order valence-electron chi connectivity index (χ0n) is 15.9. The normalized spacial score (nSPS) is 16.4. The Morgan fingerprint density at radius 2 is 2.14 bits per heavy atom. The van der Waals surface area contributed by atoms with Gasteiger partial charge < -0.3 is 9.47 Å². The molecule has 3 aromatic rings. The standard InChI is InChI=1S/C21H22N2O3S2/c1-25-15-7-5-14(6-8-15)20(24)23(13-16-4-3-11-26-16)21-22-18-10-9-17(27-2)12-19(18)28-21/h5-10,12,16H,3-4,11,13H2,1-2H3. The maximum Gasteiger partial charge on any atom is 0.260 e. The maximum atomic E-state index is 13.3. The van der Waals surface area contributed by atoms with E-state index in [1.54, 1.807) is 59.4 Å². The van der Waals surface area contributed by atoms with Crippen LogP contribution in [0.25, 0.3) is 10.2 Å². The molecule has 0 bridgehead atoms. The number of carbonyl (C=O) groups excluding carboxylic acids is 1. The fourth-order valence-electron chi connectivity index (χ4n) is 3.26. The molecule has 0 N–H and O–H groups in total. The summed E-state index contributed by atoms with van der Waals surface area (Å²) < 4.78 is 12.1. The third kappa shape index (κ3) is 4.01. The van der Waals surface area contributed by atoms with Crippen molar-refractivity contribution in [2.24, 2.45) is 0 Å². The van der Waals surface area contributed by atoms with Gasteiger partial charge in [0.1, 0.15) is 5.75 Å². The number of aromatic nitrogens is 1. The smallest absolute Gasteiger partial charge is 0.260 e. The van der Waals surface area contributed by atoms with Crippen LogP contribution >= 0.6 is 23.1 Å². The molecule has 0 radical (unpaired) electrons. The number of hydrogen-bond acceptors (Lipinski definition) is 6. The van der Waals surface area contributed by atoms with E-state index in [4.69, 9.17) is 14.5 Å². The summed E-state index contributed by atoms with van der Waals surface area (Å²) in [6.07, 6.45) is 4.11. The van der Waals surface area contributed by atoms with E-state index in [9.17, 15) is 4.79 Å². The molecule has 1 atom stereocenters. The molecule has 146 valence electrons. The number of hydrogen-bond donors (Lipinski definition) is 0. The predicted molar refractivity (Wildman–Crippen MR) is 115 cm³/mol. The average molecular weight is 415 g/mol. The van der Waals surface area contributed by atoms with Crippen LogP contribution in [-0.4, -0.2) is 43.5 Å². The molecule has 5 nitrogen and oxygen atoms in total. The highest BCUT2D eigenvalue weighted by molar-refractivity contribution is 7.98. The number of methoxy groups -OCH3 is 1. The molecule has 2 aromatic carbocycles. The summed E-state index contributed by atoms with van der Waals surface area (Å²) in [7, 11) is 1.62. The Balaban J connectivity index is 1.68. The van der Waals surface area contributed by atoms with Gasteiger partial charge in [0.05, 0.1) is 30.0 Å². The summed E-state index contributed by atoms with van der Waals surface area (Å²) in [5, 5.41) is 0.713. The number of nitrogens with zero attached hydrogens (tertiary/aromatic N) is 2. The Morgan fingerprint density at radius 3 is 2.82 bits per heavy atom. The first-order valence-corrected chi connectivity index (χ1v) is 11.2. The molecule has 1 aliphatic rings. The largest absolute Gasteiger partial charge is 0.497 e. The van der Waals surface area contributed by atoms with Crippen molar-refractivity contribution in [3.8, 4) is 5.75 Å². The molecule has 1 saturated heterocycles. The molecule has 1 unspecified atom stereocenters. The molecule has 0 spiro atoms. The Bertz CT molecular complexity index is 965. The van der Waals surface area contributed by atoms with Gasteiger partial charge in [0.2, 0.25) is 0 Å². The summed E-state index contributed by atoms with van der Waals surface area (Å²) >= 11 is 3.25. The van der Waals surface area contributed by atoms with Crippen molar-refractivity contribution < 1.29 is 14.3 Å². The minimum Gasteiger partial charge on any atom is -0.497 e. The molecule has 1 amide bonds. The number of thioether (sulfide) groups is 1. The number of amides is 1. The summed E-state index contributed by atoms with van der Waals surface area (Å²) in [4.78, 5) is 21.0. The molecular formula is C21H22N2O3S2. The fraction of sp³-hybridized carbons (Fsp3) is 0.333. The van der Waals surface area contributed by atoms with E-state index in [0.29, 0.717) is 17.2 Å². The molecular weight excluding hydrogens is 392 g/mol. The second kappa shape index (κ2) is 8.51. The molecule has 1 fully saturated rings. The van der Waals surface area contributed by atoms with Crippen molar-refractivity contribution in [2.75, 3.05) is 31.4 Å². The number of rotatable bonds is 6. The predicted octanol–water partition coefficient (Wildman–Crippen LogP) is 4.85. The summed E-state index contributed by atoms with van der Waals surface area (Å²) in [6.45, 7) is 1.27. The summed E-state index contributed by atoms with van der Waals surface area (Å²) in [5.41, 5.74) is 1.53. The number of carbonyl (C=O) groups is 1. The maximum absolute atomic E-state index is 13.3. The van der Waals surface area contributed by atoms with Crippen molar-refractivity contribution >= 4 is 44.4 Å². The zero-order valence-corrected chi connectivity index (χ0v) is 17.5. The van der Waals surface area contributed by atoms with Crippen LogP contribution in [-0.2, 0) is 4.74 Å². The van der Waals surface area contributed by atoms with E-state index in [1.807, 2.05) is 6.07 Å². The van der Waals surface area contributed by atoms with Crippen LogP contribution < -0.4 is 9.64 Å². The van der Waals surface area contributed by atoms with E-state index in [0.717, 1.165) is 35.4 Å². The van der Waals surface area contributed by atoms with E-state index >= 15 is 0 Å². The highest BCUT2D eigenvalue weighted by Crippen LogP contribution is 2.33. The summed E-state index contributed by atoms with van der Waals surface area (Å²) in [6, 6.07) is 13.4. The summed E-state index contributed by atoms with van der Waals surface area (Å²) in [5.74, 6) is 0.661. The minimum absolute atomic E-state index is 0.0518. The van der Waals surface area contributed by atoms with Gasteiger partial charge in [0, 0.05) is 17.1 Å². The number of anilines is 1. The molecule has 1 aliphatic heterocycles. The van der Waals surface area contributed by atoms with Crippen LogP contribution in [0.1, 0.15) is 23.2 Å². The van der Waals surface area contributed by atoms with Crippen LogP contribution in [0.3, 0.4) is 0 Å². The van der Waals surface area contributed by atoms with Crippen LogP contribution in [0.5, 0.6) is 5.75 Å². The van der Waals surface area contributed by atoms with E-state index in [1.165, 1.54) is 4.90 Å². The van der Waals surface area contributed by atoms with E-state index < -0.39 is 0 Å². The fourth-order valence-corrected chi connectivity index (χ4v) is 4.79.